The van der Waals surface area contributed by atoms with Crippen LogP contribution >= 0.6 is 0 Å². The number of hydrogen-bond acceptors (Lipinski definition) is 3. The van der Waals surface area contributed by atoms with Crippen molar-refractivity contribution in [2.75, 3.05) is 38.0 Å². The van der Waals surface area contributed by atoms with E-state index in [4.69, 9.17) is 2.90 Å². The van der Waals surface area contributed by atoms with Crippen LogP contribution in [0.1, 0.15) is 0 Å². The summed E-state index contributed by atoms with van der Waals surface area (Å²) in [6.45, 7) is 0. The Morgan fingerprint density at radius 3 is 1.31 bits per heavy atom. The summed E-state index contributed by atoms with van der Waals surface area (Å²) in [6.07, 6.45) is 0. The molecule has 0 atom stereocenters. The number of benzene rings is 4. The van der Waals surface area contributed by atoms with Gasteiger partial charge < -0.3 is 0 Å². The molecule has 3 nitrogen and oxygen atoms in total. The van der Waals surface area contributed by atoms with E-state index >= 15 is 0 Å². The Labute approximate surface area is 185 Å². The average molecular weight is 514 g/mol. The molecule has 0 amide bonds. The van der Waals surface area contributed by atoms with E-state index in [0.29, 0.717) is 0 Å². The maximum atomic E-state index is 6.38. The van der Waals surface area contributed by atoms with Crippen molar-refractivity contribution < 1.29 is 2.90 Å². The van der Waals surface area contributed by atoms with Crippen molar-refractivity contribution in [3.05, 3.63) is 72.8 Å². The van der Waals surface area contributed by atoms with Crippen LogP contribution in [-0.2, 0) is 2.90 Å². The normalized spacial score (nSPS) is 11.2. The van der Waals surface area contributed by atoms with Crippen LogP contribution in [0.15, 0.2) is 72.8 Å². The Morgan fingerprint density at radius 1 is 0.552 bits per heavy atom. The van der Waals surface area contributed by atoms with Gasteiger partial charge in [-0.1, -0.05) is 0 Å². The summed E-state index contributed by atoms with van der Waals surface area (Å²) in [7, 11) is 8.40. The average Bonchev–Trinajstić information content (AvgIpc) is 2.73. The summed E-state index contributed by atoms with van der Waals surface area (Å²) in [4.78, 5) is 4.36. The number of rotatable bonds is 6. The number of fused-ring (bicyclic) bond motifs is 2. The first kappa shape index (κ1) is 20.3. The molecule has 0 saturated carbocycles. The zero-order valence-electron chi connectivity index (χ0n) is 17.0. The molecule has 4 aromatic carbocycles. The molecule has 0 spiro atoms. The first-order valence-electron chi connectivity index (χ1n) is 9.45. The molecule has 0 N–H and O–H groups in total. The van der Waals surface area contributed by atoms with Crippen LogP contribution in [0.25, 0.3) is 21.5 Å². The number of anilines is 2. The summed E-state index contributed by atoms with van der Waals surface area (Å²) in [5.41, 5.74) is 2.49. The predicted octanol–water partition coefficient (Wildman–Crippen LogP) is 3.33. The summed E-state index contributed by atoms with van der Waals surface area (Å²) in [6, 6.07) is 26.0. The molecule has 0 radical (unpaired) electrons. The SMILES string of the molecule is CN(C)c1cccc2cccc([Se]O[Se]c3cccc4cccc(N(C)C)c34)c12. The van der Waals surface area contributed by atoms with E-state index in [1.807, 2.05) is 0 Å². The Hall–Kier alpha value is -2.00. The van der Waals surface area contributed by atoms with Crippen molar-refractivity contribution in [3.8, 4) is 0 Å². The van der Waals surface area contributed by atoms with Gasteiger partial charge in [-0.2, -0.15) is 0 Å². The molecule has 4 aromatic rings. The van der Waals surface area contributed by atoms with Crippen LogP contribution < -0.4 is 18.7 Å². The third kappa shape index (κ3) is 4.16. The van der Waals surface area contributed by atoms with Gasteiger partial charge in [0.1, 0.15) is 0 Å². The van der Waals surface area contributed by atoms with Gasteiger partial charge in [0.05, 0.1) is 0 Å². The summed E-state index contributed by atoms with van der Waals surface area (Å²) in [5.74, 6) is 0. The van der Waals surface area contributed by atoms with Crippen molar-refractivity contribution in [3.63, 3.8) is 0 Å². The fourth-order valence-corrected chi connectivity index (χ4v) is 7.74. The Balaban J connectivity index is 1.64. The van der Waals surface area contributed by atoms with Crippen LogP contribution in [0.2, 0.25) is 0 Å². The Bertz CT molecular complexity index is 1060. The van der Waals surface area contributed by atoms with Crippen LogP contribution in [0.4, 0.5) is 11.4 Å². The molecule has 148 valence electrons. The van der Waals surface area contributed by atoms with Gasteiger partial charge in [0.2, 0.25) is 0 Å². The molecule has 0 bridgehead atoms. The second-order valence-electron chi connectivity index (χ2n) is 7.29. The van der Waals surface area contributed by atoms with E-state index in [1.54, 1.807) is 0 Å². The van der Waals surface area contributed by atoms with Gasteiger partial charge >= 0.3 is 186 Å². The fraction of sp³-hybridized carbons (Fsp3) is 0.167. The minimum atomic E-state index is -0.0408. The van der Waals surface area contributed by atoms with Crippen molar-refractivity contribution >= 4 is 72.4 Å². The van der Waals surface area contributed by atoms with E-state index in [9.17, 15) is 0 Å². The van der Waals surface area contributed by atoms with Crippen LogP contribution in [-0.4, -0.2) is 58.8 Å². The van der Waals surface area contributed by atoms with Gasteiger partial charge in [0.25, 0.3) is 0 Å². The van der Waals surface area contributed by atoms with Gasteiger partial charge in [-0.05, 0) is 0 Å². The molecule has 0 fully saturated rings. The van der Waals surface area contributed by atoms with Gasteiger partial charge in [0.15, 0.2) is 0 Å². The van der Waals surface area contributed by atoms with Crippen molar-refractivity contribution in [1.29, 1.82) is 0 Å². The zero-order valence-corrected chi connectivity index (χ0v) is 20.5. The summed E-state index contributed by atoms with van der Waals surface area (Å²) >= 11 is -0.0817. The quantitative estimate of drug-likeness (QED) is 0.368. The zero-order chi connectivity index (χ0) is 20.4. The van der Waals surface area contributed by atoms with E-state index < -0.39 is 0 Å². The molecule has 4 rings (SSSR count). The third-order valence-electron chi connectivity index (χ3n) is 4.90. The Morgan fingerprint density at radius 2 is 0.931 bits per heavy atom. The minimum absolute atomic E-state index is 0.0408. The van der Waals surface area contributed by atoms with Crippen LogP contribution in [0, 0.1) is 0 Å². The first-order chi connectivity index (χ1) is 14.1. The molecular formula is C24H24N2OSe2. The molecular weight excluding hydrogens is 490 g/mol. The Kier molecular flexibility index (Phi) is 6.15. The number of hydrogen-bond donors (Lipinski definition) is 0. The topological polar surface area (TPSA) is 15.7 Å². The van der Waals surface area contributed by atoms with Crippen molar-refractivity contribution in [2.24, 2.45) is 0 Å². The van der Waals surface area contributed by atoms with Gasteiger partial charge in [-0.25, -0.2) is 0 Å². The third-order valence-corrected chi connectivity index (χ3v) is 8.85. The van der Waals surface area contributed by atoms with E-state index in [0.717, 1.165) is 0 Å². The van der Waals surface area contributed by atoms with E-state index in [2.05, 4.69) is 111 Å². The molecule has 0 heterocycles. The van der Waals surface area contributed by atoms with Crippen molar-refractivity contribution in [2.45, 2.75) is 0 Å². The number of nitrogens with zero attached hydrogens (tertiary/aromatic N) is 2. The maximum absolute atomic E-state index is 6.38. The molecule has 0 unspecified atom stereocenters. The second-order valence-corrected chi connectivity index (χ2v) is 11.6. The fourth-order valence-electron chi connectivity index (χ4n) is 3.55. The second kappa shape index (κ2) is 8.79. The molecule has 0 aliphatic heterocycles. The molecule has 0 aromatic heterocycles. The van der Waals surface area contributed by atoms with Gasteiger partial charge in [0, 0.05) is 0 Å². The van der Waals surface area contributed by atoms with Crippen LogP contribution in [0.5, 0.6) is 0 Å². The predicted molar refractivity (Wildman–Crippen MR) is 128 cm³/mol. The monoisotopic (exact) mass is 516 g/mol. The summed E-state index contributed by atoms with van der Waals surface area (Å²) < 4.78 is 8.98. The molecule has 5 heteroatoms. The molecule has 0 aliphatic rings. The van der Waals surface area contributed by atoms with E-state index in [1.165, 1.54) is 41.8 Å². The van der Waals surface area contributed by atoms with E-state index in [-0.39, 0.29) is 30.6 Å². The van der Waals surface area contributed by atoms with Crippen molar-refractivity contribution in [1.82, 2.24) is 0 Å². The first-order valence-corrected chi connectivity index (χ1v) is 12.6. The van der Waals surface area contributed by atoms with Gasteiger partial charge in [-0.3, -0.25) is 0 Å². The molecule has 0 aliphatic carbocycles. The summed E-state index contributed by atoms with van der Waals surface area (Å²) in [5, 5.41) is 5.16. The molecule has 29 heavy (non-hydrogen) atoms. The van der Waals surface area contributed by atoms with Crippen LogP contribution in [0.3, 0.4) is 0 Å². The molecule has 0 saturated heterocycles. The van der Waals surface area contributed by atoms with Gasteiger partial charge in [-0.15, -0.1) is 0 Å². The standard InChI is InChI=1S/C24H24N2OSe2/c1-25(2)19-13-5-9-17-11-7-15-21(23(17)19)28-27-29-22-16-8-12-18-10-6-14-20(24(18)22)26(3)4/h5-16H,1-4H3.